The molecule has 1 atom stereocenters. The molecular formula is C16H29N5O2. The maximum atomic E-state index is 12.4. The molecule has 23 heavy (non-hydrogen) atoms. The van der Waals surface area contributed by atoms with Crippen LogP contribution in [0.1, 0.15) is 52.8 Å². The predicted molar refractivity (Wildman–Crippen MR) is 88.0 cm³/mol. The van der Waals surface area contributed by atoms with Gasteiger partial charge in [-0.25, -0.2) is 4.79 Å². The number of hydrogen-bond donors (Lipinski definition) is 1. The van der Waals surface area contributed by atoms with Gasteiger partial charge in [0, 0.05) is 25.7 Å². The zero-order chi connectivity index (χ0) is 16.9. The molecule has 0 radical (unpaired) electrons. The number of likely N-dealkylation sites (tertiary alicyclic amines) is 1. The van der Waals surface area contributed by atoms with Crippen LogP contribution < -0.4 is 5.32 Å². The number of piperidine rings is 1. The molecule has 1 fully saturated rings. The topological polar surface area (TPSA) is 72.3 Å². The highest BCUT2D eigenvalue weighted by Gasteiger charge is 2.30. The van der Waals surface area contributed by atoms with Gasteiger partial charge in [0.15, 0.2) is 0 Å². The lowest BCUT2D eigenvalue weighted by Crippen LogP contribution is -2.50. The number of ether oxygens (including phenoxy) is 1. The molecule has 1 aliphatic rings. The first kappa shape index (κ1) is 17.7. The molecule has 130 valence electrons. The molecule has 1 aliphatic heterocycles. The minimum atomic E-state index is -0.454. The van der Waals surface area contributed by atoms with E-state index in [0.29, 0.717) is 6.54 Å². The zero-order valence-electron chi connectivity index (χ0n) is 14.7. The first-order chi connectivity index (χ1) is 10.9. The molecule has 1 N–H and O–H groups in total. The van der Waals surface area contributed by atoms with Crippen molar-refractivity contribution in [2.24, 2.45) is 0 Å². The Kier molecular flexibility index (Phi) is 5.98. The number of carbonyl (C=O) groups is 1. The van der Waals surface area contributed by atoms with Gasteiger partial charge >= 0.3 is 6.09 Å². The van der Waals surface area contributed by atoms with Gasteiger partial charge in [-0.3, -0.25) is 0 Å². The maximum absolute atomic E-state index is 12.4. The second-order valence-corrected chi connectivity index (χ2v) is 6.99. The number of carbonyl (C=O) groups excluding carboxylic acids is 1. The van der Waals surface area contributed by atoms with Crippen LogP contribution >= 0.6 is 0 Å². The Labute approximate surface area is 138 Å². The summed E-state index contributed by atoms with van der Waals surface area (Å²) in [5.41, 5.74) is -0.454. The molecule has 1 aromatic heterocycles. The third kappa shape index (κ3) is 5.20. The number of rotatable bonds is 5. The van der Waals surface area contributed by atoms with Crippen molar-refractivity contribution in [2.75, 3.05) is 13.1 Å². The van der Waals surface area contributed by atoms with E-state index in [2.05, 4.69) is 22.4 Å². The molecule has 1 saturated heterocycles. The molecule has 2 heterocycles. The molecule has 0 bridgehead atoms. The lowest BCUT2D eigenvalue weighted by Gasteiger charge is -2.36. The van der Waals surface area contributed by atoms with E-state index >= 15 is 0 Å². The summed E-state index contributed by atoms with van der Waals surface area (Å²) in [4.78, 5) is 14.2. The van der Waals surface area contributed by atoms with Crippen molar-refractivity contribution >= 4 is 6.09 Å². The summed E-state index contributed by atoms with van der Waals surface area (Å²) < 4.78 is 7.54. The van der Waals surface area contributed by atoms with Gasteiger partial charge in [0.25, 0.3) is 0 Å². The smallest absolute Gasteiger partial charge is 0.410 e. The van der Waals surface area contributed by atoms with Crippen LogP contribution in [0.5, 0.6) is 0 Å². The number of aromatic nitrogens is 3. The van der Waals surface area contributed by atoms with Gasteiger partial charge in [0.05, 0.1) is 6.54 Å². The zero-order valence-corrected chi connectivity index (χ0v) is 14.7. The Balaban J connectivity index is 1.87. The summed E-state index contributed by atoms with van der Waals surface area (Å²) in [6.45, 7) is 10.8. The van der Waals surface area contributed by atoms with Gasteiger partial charge in [-0.2, -0.15) is 0 Å². The number of aryl methyl sites for hydroxylation is 1. The summed E-state index contributed by atoms with van der Waals surface area (Å²) in [7, 11) is 0. The summed E-state index contributed by atoms with van der Waals surface area (Å²) >= 11 is 0. The fourth-order valence-electron chi connectivity index (χ4n) is 2.80. The molecule has 7 heteroatoms. The van der Waals surface area contributed by atoms with Crippen LogP contribution in [-0.4, -0.2) is 50.5 Å². The number of amides is 1. The number of nitrogens with one attached hydrogen (secondary N) is 1. The summed E-state index contributed by atoms with van der Waals surface area (Å²) in [6, 6.07) is 0.177. The van der Waals surface area contributed by atoms with E-state index in [0.717, 1.165) is 44.7 Å². The van der Waals surface area contributed by atoms with E-state index in [1.54, 1.807) is 6.33 Å². The molecule has 0 aromatic carbocycles. The Morgan fingerprint density at radius 1 is 1.43 bits per heavy atom. The van der Waals surface area contributed by atoms with Crippen LogP contribution in [0.25, 0.3) is 0 Å². The Bertz CT molecular complexity index is 509. The van der Waals surface area contributed by atoms with Crippen molar-refractivity contribution in [1.82, 2.24) is 25.0 Å². The maximum Gasteiger partial charge on any atom is 0.410 e. The molecule has 0 spiro atoms. The highest BCUT2D eigenvalue weighted by atomic mass is 16.6. The molecule has 1 amide bonds. The quantitative estimate of drug-likeness (QED) is 0.899. The minimum absolute atomic E-state index is 0.177. The van der Waals surface area contributed by atoms with Crippen molar-refractivity contribution in [1.29, 1.82) is 0 Å². The lowest BCUT2D eigenvalue weighted by atomic mass is 10.0. The third-order valence-corrected chi connectivity index (χ3v) is 3.95. The van der Waals surface area contributed by atoms with Gasteiger partial charge in [-0.15, -0.1) is 10.2 Å². The SMILES string of the molecule is CCn1cnnc1CNCC1CCCCN1C(=O)OC(C)(C)C. The highest BCUT2D eigenvalue weighted by molar-refractivity contribution is 5.68. The number of hydrogen-bond acceptors (Lipinski definition) is 5. The van der Waals surface area contributed by atoms with E-state index in [-0.39, 0.29) is 12.1 Å². The van der Waals surface area contributed by atoms with Crippen molar-refractivity contribution in [3.05, 3.63) is 12.2 Å². The van der Waals surface area contributed by atoms with Gasteiger partial charge in [-0.05, 0) is 47.0 Å². The lowest BCUT2D eigenvalue weighted by molar-refractivity contribution is 0.00991. The van der Waals surface area contributed by atoms with Gasteiger partial charge in [-0.1, -0.05) is 0 Å². The fourth-order valence-corrected chi connectivity index (χ4v) is 2.80. The molecule has 1 aromatic rings. The van der Waals surface area contributed by atoms with Crippen LogP contribution in [0.3, 0.4) is 0 Å². The van der Waals surface area contributed by atoms with E-state index in [1.165, 1.54) is 0 Å². The highest BCUT2D eigenvalue weighted by Crippen LogP contribution is 2.20. The van der Waals surface area contributed by atoms with Crippen LogP contribution in [0.4, 0.5) is 4.79 Å². The van der Waals surface area contributed by atoms with Gasteiger partial charge in [0.1, 0.15) is 17.8 Å². The Hall–Kier alpha value is -1.63. The van der Waals surface area contributed by atoms with Crippen LogP contribution in [0.15, 0.2) is 6.33 Å². The second kappa shape index (κ2) is 7.77. The van der Waals surface area contributed by atoms with Crippen molar-refractivity contribution in [2.45, 2.75) is 71.7 Å². The summed E-state index contributed by atoms with van der Waals surface area (Å²) in [6.07, 6.45) is 4.73. The molecule has 2 rings (SSSR count). The van der Waals surface area contributed by atoms with Crippen LogP contribution in [-0.2, 0) is 17.8 Å². The standard InChI is InChI=1S/C16H29N5O2/c1-5-20-12-18-19-14(20)11-17-10-13-8-6-7-9-21(13)15(22)23-16(2,3)4/h12-13,17H,5-11H2,1-4H3. The minimum Gasteiger partial charge on any atom is -0.444 e. The van der Waals surface area contributed by atoms with Crippen molar-refractivity contribution < 1.29 is 9.53 Å². The third-order valence-electron chi connectivity index (χ3n) is 3.95. The largest absolute Gasteiger partial charge is 0.444 e. The Morgan fingerprint density at radius 3 is 2.91 bits per heavy atom. The Morgan fingerprint density at radius 2 is 2.22 bits per heavy atom. The monoisotopic (exact) mass is 323 g/mol. The van der Waals surface area contributed by atoms with Crippen LogP contribution in [0.2, 0.25) is 0 Å². The first-order valence-electron chi connectivity index (χ1n) is 8.47. The van der Waals surface area contributed by atoms with Gasteiger partial charge < -0.3 is 19.5 Å². The number of nitrogens with zero attached hydrogens (tertiary/aromatic N) is 4. The second-order valence-electron chi connectivity index (χ2n) is 6.99. The van der Waals surface area contributed by atoms with E-state index in [9.17, 15) is 4.79 Å². The average molecular weight is 323 g/mol. The summed E-state index contributed by atoms with van der Waals surface area (Å²) in [5, 5.41) is 11.5. The first-order valence-corrected chi connectivity index (χ1v) is 8.47. The predicted octanol–water partition coefficient (Wildman–Crippen LogP) is 2.18. The summed E-state index contributed by atoms with van der Waals surface area (Å²) in [5.74, 6) is 0.923. The molecule has 7 nitrogen and oxygen atoms in total. The normalized spacial score (nSPS) is 19.0. The fraction of sp³-hybridized carbons (Fsp3) is 0.812. The molecule has 0 saturated carbocycles. The van der Waals surface area contributed by atoms with E-state index in [4.69, 9.17) is 4.74 Å². The van der Waals surface area contributed by atoms with E-state index in [1.807, 2.05) is 30.2 Å². The molecule has 1 unspecified atom stereocenters. The van der Waals surface area contributed by atoms with Crippen molar-refractivity contribution in [3.63, 3.8) is 0 Å². The van der Waals surface area contributed by atoms with Crippen molar-refractivity contribution in [3.8, 4) is 0 Å². The van der Waals surface area contributed by atoms with Gasteiger partial charge in [0.2, 0.25) is 0 Å². The van der Waals surface area contributed by atoms with E-state index < -0.39 is 5.60 Å². The molecule has 0 aliphatic carbocycles. The molecular weight excluding hydrogens is 294 g/mol. The van der Waals surface area contributed by atoms with Crippen LogP contribution in [0, 0.1) is 0 Å². The average Bonchev–Trinajstić information content (AvgIpc) is 2.93.